The van der Waals surface area contributed by atoms with Crippen molar-refractivity contribution in [3.05, 3.63) is 12.8 Å². The van der Waals surface area contributed by atoms with Crippen molar-refractivity contribution in [2.45, 2.75) is 12.8 Å². The Labute approximate surface area is 59.7 Å². The predicted molar refractivity (Wildman–Crippen MR) is 36.1 cm³/mol. The predicted octanol–water partition coefficient (Wildman–Crippen LogP) is 0.898. The zero-order valence-electron chi connectivity index (χ0n) is 5.71. The van der Waals surface area contributed by atoms with Crippen LogP contribution in [-0.4, -0.2) is 12.8 Å². The Morgan fingerprint density at radius 3 is 2.30 bits per heavy atom. The lowest BCUT2D eigenvalue weighted by Gasteiger charge is -1.90. The van der Waals surface area contributed by atoms with Gasteiger partial charge in [-0.2, -0.15) is 0 Å². The van der Waals surface area contributed by atoms with E-state index in [1.54, 1.807) is 0 Å². The lowest BCUT2D eigenvalue weighted by molar-refractivity contribution is -0.139. The van der Waals surface area contributed by atoms with Gasteiger partial charge in [-0.3, -0.25) is 4.79 Å². The normalized spacial score (nSPS) is 14.4. The minimum atomic E-state index is -0.125. The summed E-state index contributed by atoms with van der Waals surface area (Å²) in [4.78, 5) is 18.5. The summed E-state index contributed by atoms with van der Waals surface area (Å²) in [5.41, 5.74) is 0. The fourth-order valence-electron chi connectivity index (χ4n) is 0.497. The van der Waals surface area contributed by atoms with E-state index in [1.807, 2.05) is 6.79 Å². The van der Waals surface area contributed by atoms with Crippen molar-refractivity contribution >= 4 is 12.8 Å². The van der Waals surface area contributed by atoms with Gasteiger partial charge in [-0.1, -0.05) is 6.58 Å². The Morgan fingerprint density at radius 2 is 2.00 bits per heavy atom. The Morgan fingerprint density at radius 1 is 1.50 bits per heavy atom. The van der Waals surface area contributed by atoms with Crippen LogP contribution >= 0.6 is 0 Å². The molecular weight excluding hydrogens is 132 g/mol. The maximum absolute atomic E-state index is 10.5. The SMILES string of the molecule is C=COC(=O)C1CC1.C=O. The molecule has 1 aliphatic rings. The number of carbonyl (C=O) groups is 2. The first-order chi connectivity index (χ1) is 4.84. The first-order valence-electron chi connectivity index (χ1n) is 2.95. The molecule has 1 fully saturated rings. The molecule has 1 aliphatic carbocycles. The van der Waals surface area contributed by atoms with Crippen molar-refractivity contribution in [2.75, 3.05) is 0 Å². The van der Waals surface area contributed by atoms with E-state index >= 15 is 0 Å². The molecule has 56 valence electrons. The molecule has 0 aromatic carbocycles. The second kappa shape index (κ2) is 4.73. The molecule has 1 saturated carbocycles. The minimum Gasteiger partial charge on any atom is -0.435 e. The third kappa shape index (κ3) is 3.02. The van der Waals surface area contributed by atoms with Gasteiger partial charge in [-0.15, -0.1) is 0 Å². The highest BCUT2D eigenvalue weighted by Crippen LogP contribution is 2.29. The second-order valence-electron chi connectivity index (χ2n) is 1.88. The monoisotopic (exact) mass is 142 g/mol. The van der Waals surface area contributed by atoms with E-state index in [0.717, 1.165) is 12.8 Å². The lowest BCUT2D eigenvalue weighted by atomic mass is 10.4. The van der Waals surface area contributed by atoms with Crippen LogP contribution in [0.1, 0.15) is 12.8 Å². The summed E-state index contributed by atoms with van der Waals surface area (Å²) in [7, 11) is 0. The highest BCUT2D eigenvalue weighted by molar-refractivity contribution is 5.75. The van der Waals surface area contributed by atoms with Crippen molar-refractivity contribution < 1.29 is 14.3 Å². The Bertz CT molecular complexity index is 127. The van der Waals surface area contributed by atoms with E-state index in [0.29, 0.717) is 0 Å². The standard InChI is InChI=1S/C6H8O2.CH2O/c1-2-8-6(7)5-3-4-5;1-2/h2,5H,1,3-4H2;1H2. The van der Waals surface area contributed by atoms with E-state index < -0.39 is 0 Å². The smallest absolute Gasteiger partial charge is 0.313 e. The van der Waals surface area contributed by atoms with Gasteiger partial charge in [-0.25, -0.2) is 0 Å². The zero-order valence-corrected chi connectivity index (χ0v) is 5.71. The molecule has 0 aromatic heterocycles. The van der Waals surface area contributed by atoms with Crippen LogP contribution in [0.4, 0.5) is 0 Å². The molecule has 0 amide bonds. The van der Waals surface area contributed by atoms with Crippen LogP contribution in [-0.2, 0) is 14.3 Å². The van der Waals surface area contributed by atoms with E-state index in [-0.39, 0.29) is 11.9 Å². The van der Waals surface area contributed by atoms with Crippen LogP contribution in [0.2, 0.25) is 0 Å². The van der Waals surface area contributed by atoms with Crippen molar-refractivity contribution in [1.82, 2.24) is 0 Å². The minimum absolute atomic E-state index is 0.125. The third-order valence-corrected chi connectivity index (χ3v) is 1.11. The van der Waals surface area contributed by atoms with Crippen LogP contribution in [0, 0.1) is 5.92 Å². The van der Waals surface area contributed by atoms with Gasteiger partial charge in [0.25, 0.3) is 0 Å². The fraction of sp³-hybridized carbons (Fsp3) is 0.429. The molecule has 0 atom stereocenters. The molecule has 0 spiro atoms. The number of esters is 1. The van der Waals surface area contributed by atoms with Gasteiger partial charge in [0, 0.05) is 0 Å². The highest BCUT2D eigenvalue weighted by Gasteiger charge is 2.30. The molecule has 0 saturated heterocycles. The molecule has 1 rings (SSSR count). The lowest BCUT2D eigenvalue weighted by Crippen LogP contribution is -2.00. The summed E-state index contributed by atoms with van der Waals surface area (Å²) in [5, 5.41) is 0. The molecule has 0 aliphatic heterocycles. The van der Waals surface area contributed by atoms with Crippen molar-refractivity contribution in [3.8, 4) is 0 Å². The first-order valence-corrected chi connectivity index (χ1v) is 2.95. The Kier molecular flexibility index (Phi) is 4.20. The zero-order chi connectivity index (χ0) is 7.98. The summed E-state index contributed by atoms with van der Waals surface area (Å²) in [6.45, 7) is 5.27. The maximum Gasteiger partial charge on any atom is 0.313 e. The first kappa shape index (κ1) is 8.88. The van der Waals surface area contributed by atoms with Gasteiger partial charge in [0.1, 0.15) is 6.79 Å². The topological polar surface area (TPSA) is 43.4 Å². The van der Waals surface area contributed by atoms with Crippen LogP contribution in [0.5, 0.6) is 0 Å². The molecule has 0 unspecified atom stereocenters. The van der Waals surface area contributed by atoms with Gasteiger partial charge in [-0.05, 0) is 12.8 Å². The highest BCUT2D eigenvalue weighted by atomic mass is 16.5. The van der Waals surface area contributed by atoms with Crippen LogP contribution in [0.3, 0.4) is 0 Å². The van der Waals surface area contributed by atoms with Crippen LogP contribution in [0.15, 0.2) is 12.8 Å². The van der Waals surface area contributed by atoms with Gasteiger partial charge in [0.2, 0.25) is 0 Å². The molecule has 0 radical (unpaired) electrons. The number of rotatable bonds is 2. The average molecular weight is 142 g/mol. The quantitative estimate of drug-likeness (QED) is 0.425. The molecule has 0 bridgehead atoms. The van der Waals surface area contributed by atoms with E-state index in [9.17, 15) is 4.79 Å². The third-order valence-electron chi connectivity index (χ3n) is 1.11. The van der Waals surface area contributed by atoms with Crippen molar-refractivity contribution in [2.24, 2.45) is 5.92 Å². The average Bonchev–Trinajstić information content (AvgIpc) is 2.74. The van der Waals surface area contributed by atoms with Gasteiger partial charge in [0.15, 0.2) is 0 Å². The molecule has 10 heavy (non-hydrogen) atoms. The van der Waals surface area contributed by atoms with Gasteiger partial charge >= 0.3 is 5.97 Å². The van der Waals surface area contributed by atoms with Crippen molar-refractivity contribution in [3.63, 3.8) is 0 Å². The van der Waals surface area contributed by atoms with Crippen molar-refractivity contribution in [1.29, 1.82) is 0 Å². The van der Waals surface area contributed by atoms with Gasteiger partial charge in [0.05, 0.1) is 12.2 Å². The summed E-state index contributed by atoms with van der Waals surface area (Å²) in [6.07, 6.45) is 3.17. The van der Waals surface area contributed by atoms with E-state index in [1.165, 1.54) is 6.26 Å². The fourth-order valence-corrected chi connectivity index (χ4v) is 0.497. The summed E-state index contributed by atoms with van der Waals surface area (Å²) in [5.74, 6) is 0.0630. The largest absolute Gasteiger partial charge is 0.435 e. The number of ether oxygens (including phenoxy) is 1. The number of carbonyl (C=O) groups excluding carboxylic acids is 2. The molecule has 0 N–H and O–H groups in total. The second-order valence-corrected chi connectivity index (χ2v) is 1.88. The summed E-state index contributed by atoms with van der Waals surface area (Å²) >= 11 is 0. The molecule has 3 nitrogen and oxygen atoms in total. The Hall–Kier alpha value is -1.12. The molecule has 0 heterocycles. The van der Waals surface area contributed by atoms with E-state index in [4.69, 9.17) is 4.79 Å². The van der Waals surface area contributed by atoms with E-state index in [2.05, 4.69) is 11.3 Å². The number of hydrogen-bond donors (Lipinski definition) is 0. The Balaban J connectivity index is 0.000000371. The molecule has 3 heteroatoms. The number of hydrogen-bond acceptors (Lipinski definition) is 3. The van der Waals surface area contributed by atoms with Crippen LogP contribution < -0.4 is 0 Å². The van der Waals surface area contributed by atoms with Gasteiger partial charge < -0.3 is 9.53 Å². The molecule has 0 aromatic rings. The van der Waals surface area contributed by atoms with Crippen LogP contribution in [0.25, 0.3) is 0 Å². The summed E-state index contributed by atoms with van der Waals surface area (Å²) < 4.78 is 4.49. The maximum atomic E-state index is 10.5. The molecular formula is C7H10O3. The summed E-state index contributed by atoms with van der Waals surface area (Å²) in [6, 6.07) is 0.